The monoisotopic (exact) mass is 738 g/mol. The molecular weight excluding hydrogens is 712 g/mol. The highest BCUT2D eigenvalue weighted by atomic mass is 79.9. The summed E-state index contributed by atoms with van der Waals surface area (Å²) in [6.45, 7) is 4.08. The van der Waals surface area contributed by atoms with E-state index in [1.54, 1.807) is 42.3 Å². The van der Waals surface area contributed by atoms with Crippen LogP contribution in [0.4, 0.5) is 0 Å². The summed E-state index contributed by atoms with van der Waals surface area (Å²) in [7, 11) is 1.58. The van der Waals surface area contributed by atoms with Crippen LogP contribution in [0, 0.1) is 0 Å². The molecule has 1 amide bonds. The van der Waals surface area contributed by atoms with Crippen molar-refractivity contribution in [3.8, 4) is 28.8 Å². The van der Waals surface area contributed by atoms with Gasteiger partial charge >= 0.3 is 0 Å². The lowest BCUT2D eigenvalue weighted by atomic mass is 10.2. The largest absolute Gasteiger partial charge is 0.496 e. The van der Waals surface area contributed by atoms with Crippen molar-refractivity contribution in [3.05, 3.63) is 79.5 Å². The van der Waals surface area contributed by atoms with E-state index in [0.29, 0.717) is 86.9 Å². The Labute approximate surface area is 274 Å². The summed E-state index contributed by atoms with van der Waals surface area (Å²) < 4.78 is 31.1. The lowest BCUT2D eigenvalue weighted by molar-refractivity contribution is -0.137. The number of halogens is 2. The minimum atomic E-state index is -0.374. The van der Waals surface area contributed by atoms with Crippen LogP contribution in [0.3, 0.4) is 0 Å². The highest BCUT2D eigenvalue weighted by Crippen LogP contribution is 2.42. The molecule has 0 N–H and O–H groups in total. The third kappa shape index (κ3) is 6.20. The topological polar surface area (TPSA) is 118 Å². The Morgan fingerprint density at radius 2 is 1.82 bits per heavy atom. The van der Waals surface area contributed by atoms with E-state index >= 15 is 0 Å². The van der Waals surface area contributed by atoms with Crippen LogP contribution in [-0.4, -0.2) is 73.3 Å². The normalized spacial score (nSPS) is 13.6. The Hall–Kier alpha value is -4.20. The van der Waals surface area contributed by atoms with Gasteiger partial charge in [0.1, 0.15) is 11.3 Å². The van der Waals surface area contributed by atoms with E-state index in [1.807, 2.05) is 31.2 Å². The van der Waals surface area contributed by atoms with Gasteiger partial charge in [0.2, 0.25) is 5.82 Å². The number of aromatic nitrogens is 2. The molecule has 1 saturated heterocycles. The van der Waals surface area contributed by atoms with E-state index in [9.17, 15) is 9.59 Å². The summed E-state index contributed by atoms with van der Waals surface area (Å²) in [5, 5.41) is 5.73. The van der Waals surface area contributed by atoms with Crippen LogP contribution in [0.1, 0.15) is 12.5 Å². The molecule has 0 spiro atoms. The third-order valence-electron chi connectivity index (χ3n) is 7.19. The highest BCUT2D eigenvalue weighted by Gasteiger charge is 2.22. The molecule has 11 nitrogen and oxygen atoms in total. The van der Waals surface area contributed by atoms with Gasteiger partial charge in [0.05, 0.1) is 53.9 Å². The van der Waals surface area contributed by atoms with Crippen molar-refractivity contribution in [2.24, 2.45) is 5.10 Å². The lowest BCUT2D eigenvalue weighted by Crippen LogP contribution is -2.43. The highest BCUT2D eigenvalue weighted by molar-refractivity contribution is 9.13. The predicted molar refractivity (Wildman–Crippen MR) is 177 cm³/mol. The molecule has 6 rings (SSSR count). The average Bonchev–Trinajstić information content (AvgIpc) is 3.51. The standard InChI is InChI=1S/C32H28Br2N4O7/c1-3-43-25-15-19(28(33)29(34)30(25)44-18-27(39)37-11-13-42-14-12-37)17-35-38-31(36-22-8-5-4-7-20(22)32(38)40)26-16-21-23(41-2)9-6-10-24(21)45-26/h4-10,15-17H,3,11-14,18H2,1-2H3. The molecular formula is C32H28Br2N4O7. The molecule has 0 saturated carbocycles. The molecule has 1 aliphatic heterocycles. The van der Waals surface area contributed by atoms with Gasteiger partial charge in [-0.3, -0.25) is 9.59 Å². The zero-order chi connectivity index (χ0) is 31.5. The summed E-state index contributed by atoms with van der Waals surface area (Å²) in [6.07, 6.45) is 1.52. The first kappa shape index (κ1) is 30.8. The van der Waals surface area contributed by atoms with Crippen molar-refractivity contribution < 1.29 is 28.2 Å². The fourth-order valence-corrected chi connectivity index (χ4v) is 5.90. The zero-order valence-corrected chi connectivity index (χ0v) is 27.6. The van der Waals surface area contributed by atoms with Gasteiger partial charge in [-0.25, -0.2) is 4.98 Å². The number of amides is 1. The van der Waals surface area contributed by atoms with E-state index in [0.717, 1.165) is 5.39 Å². The number of benzene rings is 3. The number of carbonyl (C=O) groups is 1. The van der Waals surface area contributed by atoms with Crippen LogP contribution >= 0.6 is 31.9 Å². The second-order valence-corrected chi connectivity index (χ2v) is 11.5. The summed E-state index contributed by atoms with van der Waals surface area (Å²) in [5.74, 6) is 1.81. The molecule has 232 valence electrons. The van der Waals surface area contributed by atoms with Crippen molar-refractivity contribution in [2.75, 3.05) is 46.6 Å². The van der Waals surface area contributed by atoms with E-state index < -0.39 is 0 Å². The predicted octanol–water partition coefficient (Wildman–Crippen LogP) is 5.86. The summed E-state index contributed by atoms with van der Waals surface area (Å²) in [6, 6.07) is 16.0. The number of ether oxygens (including phenoxy) is 4. The van der Waals surface area contributed by atoms with Gasteiger partial charge in [-0.15, -0.1) is 0 Å². The second-order valence-electron chi connectivity index (χ2n) is 9.93. The fraction of sp³-hybridized carbons (Fsp3) is 0.250. The number of morpholine rings is 1. The molecule has 0 unspecified atom stereocenters. The summed E-state index contributed by atoms with van der Waals surface area (Å²) in [5.41, 5.74) is 1.29. The molecule has 45 heavy (non-hydrogen) atoms. The first-order valence-electron chi connectivity index (χ1n) is 14.2. The molecule has 3 heterocycles. The quantitative estimate of drug-likeness (QED) is 0.173. The fourth-order valence-electron chi connectivity index (χ4n) is 4.97. The Morgan fingerprint density at radius 3 is 2.60 bits per heavy atom. The molecule has 1 fully saturated rings. The Bertz CT molecular complexity index is 1980. The van der Waals surface area contributed by atoms with Crippen LogP contribution < -0.4 is 19.8 Å². The van der Waals surface area contributed by atoms with Crippen molar-refractivity contribution >= 4 is 65.9 Å². The van der Waals surface area contributed by atoms with Crippen LogP contribution in [0.2, 0.25) is 0 Å². The molecule has 3 aromatic carbocycles. The molecule has 0 radical (unpaired) electrons. The van der Waals surface area contributed by atoms with Crippen molar-refractivity contribution in [2.45, 2.75) is 6.92 Å². The Morgan fingerprint density at radius 1 is 1.02 bits per heavy atom. The first-order chi connectivity index (χ1) is 21.9. The van der Waals surface area contributed by atoms with Crippen molar-refractivity contribution in [1.29, 1.82) is 0 Å². The van der Waals surface area contributed by atoms with E-state index in [2.05, 4.69) is 37.0 Å². The van der Waals surface area contributed by atoms with Crippen LogP contribution in [0.5, 0.6) is 17.2 Å². The molecule has 0 atom stereocenters. The van der Waals surface area contributed by atoms with Gasteiger partial charge < -0.3 is 28.3 Å². The minimum Gasteiger partial charge on any atom is -0.496 e. The Kier molecular flexibility index (Phi) is 9.19. The van der Waals surface area contributed by atoms with Crippen LogP contribution in [0.25, 0.3) is 33.5 Å². The smallest absolute Gasteiger partial charge is 0.282 e. The van der Waals surface area contributed by atoms with Gasteiger partial charge in [-0.05, 0) is 75.2 Å². The van der Waals surface area contributed by atoms with E-state index in [-0.39, 0.29) is 23.9 Å². The number of furan rings is 1. The number of para-hydroxylation sites is 1. The number of nitrogens with zero attached hydrogens (tertiary/aromatic N) is 4. The van der Waals surface area contributed by atoms with Crippen LogP contribution in [-0.2, 0) is 9.53 Å². The number of fused-ring (bicyclic) bond motifs is 2. The minimum absolute atomic E-state index is 0.145. The van der Waals surface area contributed by atoms with E-state index in [1.165, 1.54) is 10.9 Å². The van der Waals surface area contributed by atoms with Gasteiger partial charge in [0, 0.05) is 23.1 Å². The Balaban J connectivity index is 1.40. The van der Waals surface area contributed by atoms with Gasteiger partial charge in [-0.1, -0.05) is 18.2 Å². The van der Waals surface area contributed by atoms with Crippen LogP contribution in [0.15, 0.2) is 77.9 Å². The molecule has 0 bridgehead atoms. The average molecular weight is 740 g/mol. The maximum absolute atomic E-state index is 13.8. The third-order valence-corrected chi connectivity index (χ3v) is 9.33. The maximum Gasteiger partial charge on any atom is 0.282 e. The number of hydrogen-bond donors (Lipinski definition) is 0. The lowest BCUT2D eigenvalue weighted by Gasteiger charge is -2.27. The molecule has 5 aromatic rings. The first-order valence-corrected chi connectivity index (χ1v) is 15.7. The maximum atomic E-state index is 13.8. The van der Waals surface area contributed by atoms with Gasteiger partial charge in [-0.2, -0.15) is 9.78 Å². The van der Waals surface area contributed by atoms with Gasteiger partial charge in [0.25, 0.3) is 11.5 Å². The molecule has 13 heteroatoms. The van der Waals surface area contributed by atoms with Gasteiger partial charge in [0.15, 0.2) is 23.9 Å². The summed E-state index contributed by atoms with van der Waals surface area (Å²) >= 11 is 7.20. The van der Waals surface area contributed by atoms with Crippen molar-refractivity contribution in [1.82, 2.24) is 14.6 Å². The number of hydrogen-bond acceptors (Lipinski definition) is 9. The van der Waals surface area contributed by atoms with E-state index in [4.69, 9.17) is 28.3 Å². The SMILES string of the molecule is CCOc1cc(C=Nn2c(-c3cc4c(OC)cccc4o3)nc3ccccc3c2=O)c(Br)c(Br)c1OCC(=O)N1CCOCC1. The number of rotatable bonds is 9. The summed E-state index contributed by atoms with van der Waals surface area (Å²) in [4.78, 5) is 33.0. The molecule has 1 aliphatic rings. The molecule has 2 aromatic heterocycles. The zero-order valence-electron chi connectivity index (χ0n) is 24.4. The number of carbonyl (C=O) groups excluding carboxylic acids is 1. The second kappa shape index (κ2) is 13.4. The molecule has 0 aliphatic carbocycles. The van der Waals surface area contributed by atoms with Crippen molar-refractivity contribution in [3.63, 3.8) is 0 Å². The number of methoxy groups -OCH3 is 1.